The number of carbonyl (C=O) groups is 1. The number of alkyl halides is 3. The molecule has 1 aromatic heterocycles. The Hall–Kier alpha value is -3.27. The summed E-state index contributed by atoms with van der Waals surface area (Å²) in [5.41, 5.74) is -1.27. The summed E-state index contributed by atoms with van der Waals surface area (Å²) in [4.78, 5) is 12.7. The van der Waals surface area contributed by atoms with Gasteiger partial charge in [0.1, 0.15) is 5.82 Å². The average Bonchev–Trinajstić information content (AvgIpc) is 3.25. The van der Waals surface area contributed by atoms with E-state index in [0.717, 1.165) is 42.7 Å². The Kier molecular flexibility index (Phi) is 6.22. The van der Waals surface area contributed by atoms with Gasteiger partial charge in [0.15, 0.2) is 11.4 Å². The smallest absolute Gasteiger partial charge is 0.373 e. The maximum atomic E-state index is 13.8. The fraction of sp³-hybridized carbons (Fsp3) is 0.318. The molecule has 6 nitrogen and oxygen atoms in total. The molecule has 1 aliphatic heterocycles. The van der Waals surface area contributed by atoms with Crippen LogP contribution < -0.4 is 5.32 Å². The zero-order valence-electron chi connectivity index (χ0n) is 16.8. The number of carbonyl (C=O) groups excluding carboxylic acids is 1. The van der Waals surface area contributed by atoms with Crippen LogP contribution in [0, 0.1) is 11.7 Å². The van der Waals surface area contributed by atoms with E-state index in [2.05, 4.69) is 15.6 Å². The maximum Gasteiger partial charge on any atom is 0.435 e. The summed E-state index contributed by atoms with van der Waals surface area (Å²) < 4.78 is 60.8. The Bertz CT molecular complexity index is 1070. The van der Waals surface area contributed by atoms with Crippen molar-refractivity contribution in [2.75, 3.05) is 13.2 Å². The highest BCUT2D eigenvalue weighted by Crippen LogP contribution is 2.34. The monoisotopic (exact) mass is 448 g/mol. The summed E-state index contributed by atoms with van der Waals surface area (Å²) in [6.07, 6.45) is -3.61. The molecule has 2 aromatic carbocycles. The van der Waals surface area contributed by atoms with E-state index >= 15 is 0 Å². The molecular formula is C22H20F4N4O2. The van der Waals surface area contributed by atoms with E-state index in [1.165, 1.54) is 0 Å². The molecule has 3 aromatic rings. The molecule has 0 radical (unpaired) electrons. The van der Waals surface area contributed by atoms with Crippen LogP contribution in [0.1, 0.15) is 40.7 Å². The van der Waals surface area contributed by atoms with Crippen LogP contribution in [0.3, 0.4) is 0 Å². The van der Waals surface area contributed by atoms with Crippen LogP contribution in [0.5, 0.6) is 0 Å². The number of nitrogens with zero attached hydrogens (tertiary/aromatic N) is 3. The first-order chi connectivity index (χ1) is 15.3. The van der Waals surface area contributed by atoms with E-state index < -0.39 is 29.3 Å². The lowest BCUT2D eigenvalue weighted by atomic mass is 9.89. The van der Waals surface area contributed by atoms with E-state index in [4.69, 9.17) is 4.74 Å². The van der Waals surface area contributed by atoms with Gasteiger partial charge in [-0.3, -0.25) is 4.79 Å². The van der Waals surface area contributed by atoms with Crippen LogP contribution in [0.15, 0.2) is 54.6 Å². The number of nitrogens with one attached hydrogen (secondary N) is 1. The standard InChI is InChI=1S/C22H20F4N4O2/c23-16-8-10-17(11-9-16)30-20(22(24,25)26)18(28-29-30)21(31)27-13-15-7-4-12-32-19(15)14-5-2-1-3-6-14/h1-3,5-6,8-11,15,19H,4,7,12-13H2,(H,27,31). The number of hydrogen-bond donors (Lipinski definition) is 1. The average molecular weight is 448 g/mol. The Morgan fingerprint density at radius 2 is 1.84 bits per heavy atom. The molecule has 1 aliphatic rings. The van der Waals surface area contributed by atoms with E-state index in [1.54, 1.807) is 0 Å². The highest BCUT2D eigenvalue weighted by atomic mass is 19.4. The second kappa shape index (κ2) is 9.07. The highest BCUT2D eigenvalue weighted by molar-refractivity contribution is 5.93. The summed E-state index contributed by atoms with van der Waals surface area (Å²) in [5.74, 6) is -1.69. The number of rotatable bonds is 5. The van der Waals surface area contributed by atoms with Crippen molar-refractivity contribution in [2.24, 2.45) is 5.92 Å². The topological polar surface area (TPSA) is 69.0 Å². The van der Waals surface area contributed by atoms with Crippen molar-refractivity contribution in [3.63, 3.8) is 0 Å². The van der Waals surface area contributed by atoms with Crippen LogP contribution in [-0.4, -0.2) is 34.1 Å². The molecule has 1 saturated heterocycles. The fourth-order valence-electron chi connectivity index (χ4n) is 3.82. The molecule has 2 atom stereocenters. The molecule has 0 aliphatic carbocycles. The molecule has 2 unspecified atom stereocenters. The number of aromatic nitrogens is 3. The minimum Gasteiger partial charge on any atom is -0.373 e. The van der Waals surface area contributed by atoms with Gasteiger partial charge in [0.25, 0.3) is 5.91 Å². The minimum absolute atomic E-state index is 0.0601. The fourth-order valence-corrected chi connectivity index (χ4v) is 3.82. The van der Waals surface area contributed by atoms with Crippen molar-refractivity contribution in [2.45, 2.75) is 25.1 Å². The predicted octanol–water partition coefficient (Wildman–Crippen LogP) is 4.32. The quantitative estimate of drug-likeness (QED) is 0.591. The SMILES string of the molecule is O=C(NCC1CCCOC1c1ccccc1)c1nnn(-c2ccc(F)cc2)c1C(F)(F)F. The first kappa shape index (κ1) is 21.9. The number of amides is 1. The van der Waals surface area contributed by atoms with Crippen LogP contribution in [0.4, 0.5) is 17.6 Å². The molecule has 1 N–H and O–H groups in total. The van der Waals surface area contributed by atoms with Gasteiger partial charge in [-0.15, -0.1) is 5.10 Å². The Labute approximate surface area is 181 Å². The van der Waals surface area contributed by atoms with Gasteiger partial charge in [-0.05, 0) is 42.7 Å². The summed E-state index contributed by atoms with van der Waals surface area (Å²) in [6.45, 7) is 0.702. The largest absolute Gasteiger partial charge is 0.435 e. The summed E-state index contributed by atoms with van der Waals surface area (Å²) in [6, 6.07) is 13.7. The lowest BCUT2D eigenvalue weighted by Crippen LogP contribution is -2.36. The van der Waals surface area contributed by atoms with Gasteiger partial charge < -0.3 is 10.1 Å². The van der Waals surface area contributed by atoms with Crippen molar-refractivity contribution < 1.29 is 27.1 Å². The summed E-state index contributed by atoms with van der Waals surface area (Å²) in [7, 11) is 0. The number of benzene rings is 2. The highest BCUT2D eigenvalue weighted by Gasteiger charge is 2.42. The van der Waals surface area contributed by atoms with Crippen LogP contribution in [-0.2, 0) is 10.9 Å². The van der Waals surface area contributed by atoms with E-state index in [0.29, 0.717) is 11.3 Å². The predicted molar refractivity (Wildman–Crippen MR) is 107 cm³/mol. The number of ether oxygens (including phenoxy) is 1. The van der Waals surface area contributed by atoms with Crippen molar-refractivity contribution in [1.29, 1.82) is 0 Å². The molecule has 2 heterocycles. The summed E-state index contributed by atoms with van der Waals surface area (Å²) >= 11 is 0. The van der Waals surface area contributed by atoms with Gasteiger partial charge >= 0.3 is 6.18 Å². The first-order valence-electron chi connectivity index (χ1n) is 10.1. The molecule has 1 fully saturated rings. The van der Waals surface area contributed by atoms with Gasteiger partial charge in [0.2, 0.25) is 0 Å². The Morgan fingerprint density at radius 1 is 1.12 bits per heavy atom. The van der Waals surface area contributed by atoms with Gasteiger partial charge in [-0.2, -0.15) is 13.2 Å². The van der Waals surface area contributed by atoms with E-state index in [-0.39, 0.29) is 24.3 Å². The molecule has 0 saturated carbocycles. The van der Waals surface area contributed by atoms with Gasteiger partial charge in [0.05, 0.1) is 11.8 Å². The van der Waals surface area contributed by atoms with Crippen LogP contribution in [0.25, 0.3) is 5.69 Å². The van der Waals surface area contributed by atoms with Crippen molar-refractivity contribution in [1.82, 2.24) is 20.3 Å². The maximum absolute atomic E-state index is 13.8. The van der Waals surface area contributed by atoms with Crippen molar-refractivity contribution >= 4 is 5.91 Å². The summed E-state index contributed by atoms with van der Waals surface area (Å²) in [5, 5.41) is 9.54. The lowest BCUT2D eigenvalue weighted by molar-refractivity contribution is -0.143. The second-order valence-corrected chi connectivity index (χ2v) is 7.49. The third kappa shape index (κ3) is 4.64. The first-order valence-corrected chi connectivity index (χ1v) is 10.1. The number of hydrogen-bond acceptors (Lipinski definition) is 4. The van der Waals surface area contributed by atoms with E-state index in [9.17, 15) is 22.4 Å². The van der Waals surface area contributed by atoms with Crippen LogP contribution in [0.2, 0.25) is 0 Å². The van der Waals surface area contributed by atoms with Crippen molar-refractivity contribution in [3.05, 3.63) is 77.4 Å². The molecule has 168 valence electrons. The molecule has 32 heavy (non-hydrogen) atoms. The Balaban J connectivity index is 1.55. The minimum atomic E-state index is -4.90. The molecule has 4 rings (SSSR count). The second-order valence-electron chi connectivity index (χ2n) is 7.49. The third-order valence-corrected chi connectivity index (χ3v) is 5.32. The van der Waals surface area contributed by atoms with Gasteiger partial charge in [-0.25, -0.2) is 9.07 Å². The Morgan fingerprint density at radius 3 is 2.53 bits per heavy atom. The van der Waals surface area contributed by atoms with E-state index in [1.807, 2.05) is 30.3 Å². The molecule has 1 amide bonds. The molecular weight excluding hydrogens is 428 g/mol. The van der Waals surface area contributed by atoms with Crippen LogP contribution >= 0.6 is 0 Å². The zero-order valence-corrected chi connectivity index (χ0v) is 16.8. The molecule has 0 spiro atoms. The lowest BCUT2D eigenvalue weighted by Gasteiger charge is -2.32. The van der Waals surface area contributed by atoms with Crippen molar-refractivity contribution in [3.8, 4) is 5.69 Å². The van der Waals surface area contributed by atoms with Gasteiger partial charge in [-0.1, -0.05) is 35.5 Å². The number of halogens is 4. The third-order valence-electron chi connectivity index (χ3n) is 5.32. The van der Waals surface area contributed by atoms with Gasteiger partial charge in [0, 0.05) is 19.1 Å². The molecule has 0 bridgehead atoms. The zero-order chi connectivity index (χ0) is 22.7. The normalized spacial score (nSPS) is 19.0. The molecule has 10 heteroatoms.